The zero-order valence-electron chi connectivity index (χ0n) is 7.60. The second kappa shape index (κ2) is 3.98. The van der Waals surface area contributed by atoms with Crippen molar-refractivity contribution >= 4 is 28.2 Å². The summed E-state index contributed by atoms with van der Waals surface area (Å²) < 4.78 is 0. The Bertz CT molecular complexity index is 439. The van der Waals surface area contributed by atoms with Crippen molar-refractivity contribution < 1.29 is 0 Å². The average Bonchev–Trinajstić information content (AvgIpc) is 2.65. The molecule has 2 N–H and O–H groups in total. The lowest BCUT2D eigenvalue weighted by Crippen LogP contribution is -1.80. The van der Waals surface area contributed by atoms with Gasteiger partial charge in [-0.1, -0.05) is 23.5 Å². The van der Waals surface area contributed by atoms with Crippen molar-refractivity contribution in [3.8, 4) is 10.6 Å². The molecule has 0 amide bonds. The third kappa shape index (κ3) is 1.88. The molecule has 2 rings (SSSR count). The number of nitrogen functional groups attached to an aromatic ring is 1. The normalized spacial score (nSPS) is 10.4. The van der Waals surface area contributed by atoms with Gasteiger partial charge < -0.3 is 5.73 Å². The maximum absolute atomic E-state index is 5.53. The van der Waals surface area contributed by atoms with E-state index in [0.29, 0.717) is 5.13 Å². The number of nitrogens with two attached hydrogens (primary N) is 1. The van der Waals surface area contributed by atoms with E-state index < -0.39 is 0 Å². The Morgan fingerprint density at radius 3 is 2.86 bits per heavy atom. The lowest BCUT2D eigenvalue weighted by Gasteiger charge is -1.98. The molecule has 72 valence electrons. The molecule has 0 saturated carbocycles. The number of benzene rings is 1. The highest BCUT2D eigenvalue weighted by molar-refractivity contribution is 7.98. The van der Waals surface area contributed by atoms with Crippen LogP contribution in [0.15, 0.2) is 29.2 Å². The number of nitrogens with zero attached hydrogens (tertiary/aromatic N) is 2. The van der Waals surface area contributed by atoms with Crippen LogP contribution in [-0.2, 0) is 0 Å². The molecule has 14 heavy (non-hydrogen) atoms. The van der Waals surface area contributed by atoms with E-state index in [4.69, 9.17) is 5.73 Å². The molecular weight excluding hydrogens is 214 g/mol. The van der Waals surface area contributed by atoms with Crippen LogP contribution in [0.5, 0.6) is 0 Å². The number of hydrogen-bond donors (Lipinski definition) is 1. The van der Waals surface area contributed by atoms with Gasteiger partial charge in [-0.15, -0.1) is 22.0 Å². The molecule has 1 heterocycles. The fourth-order valence-corrected chi connectivity index (χ4v) is 2.17. The fourth-order valence-electron chi connectivity index (χ4n) is 1.11. The van der Waals surface area contributed by atoms with E-state index in [2.05, 4.69) is 22.3 Å². The molecule has 0 aliphatic heterocycles. The highest BCUT2D eigenvalue weighted by atomic mass is 32.2. The van der Waals surface area contributed by atoms with E-state index in [1.165, 1.54) is 16.2 Å². The van der Waals surface area contributed by atoms with E-state index in [9.17, 15) is 0 Å². The minimum Gasteiger partial charge on any atom is -0.374 e. The molecule has 0 radical (unpaired) electrons. The highest BCUT2D eigenvalue weighted by Gasteiger charge is 2.04. The molecule has 5 heteroatoms. The minimum atomic E-state index is 0.509. The van der Waals surface area contributed by atoms with Crippen LogP contribution in [0.2, 0.25) is 0 Å². The highest BCUT2D eigenvalue weighted by Crippen LogP contribution is 2.27. The summed E-state index contributed by atoms with van der Waals surface area (Å²) in [5, 5.41) is 9.17. The SMILES string of the molecule is CSc1cccc(-c2nnc(N)s2)c1. The van der Waals surface area contributed by atoms with Crippen molar-refractivity contribution in [1.29, 1.82) is 0 Å². The predicted octanol–water partition coefficient (Wildman–Crippen LogP) is 2.51. The van der Waals surface area contributed by atoms with Gasteiger partial charge in [-0.3, -0.25) is 0 Å². The third-order valence-electron chi connectivity index (χ3n) is 1.76. The summed E-state index contributed by atoms with van der Waals surface area (Å²) in [6, 6.07) is 8.18. The standard InChI is InChI=1S/C9H9N3S2/c1-13-7-4-2-3-6(5-7)8-11-12-9(10)14-8/h2-5H,1H3,(H2,10,12). The summed E-state index contributed by atoms with van der Waals surface area (Å²) in [4.78, 5) is 1.22. The number of anilines is 1. The Kier molecular flexibility index (Phi) is 2.69. The third-order valence-corrected chi connectivity index (χ3v) is 3.28. The average molecular weight is 223 g/mol. The molecular formula is C9H9N3S2. The van der Waals surface area contributed by atoms with Gasteiger partial charge in [-0.2, -0.15) is 0 Å². The van der Waals surface area contributed by atoms with Gasteiger partial charge in [-0.05, 0) is 18.4 Å². The smallest absolute Gasteiger partial charge is 0.203 e. The predicted molar refractivity (Wildman–Crippen MR) is 61.5 cm³/mol. The van der Waals surface area contributed by atoms with Crippen LogP contribution in [-0.4, -0.2) is 16.5 Å². The van der Waals surface area contributed by atoms with Crippen molar-refractivity contribution in [2.75, 3.05) is 12.0 Å². The Labute approximate surface area is 90.4 Å². The first-order chi connectivity index (χ1) is 6.79. The maximum Gasteiger partial charge on any atom is 0.203 e. The van der Waals surface area contributed by atoms with Crippen LogP contribution >= 0.6 is 23.1 Å². The monoisotopic (exact) mass is 223 g/mol. The first-order valence-corrected chi connectivity index (χ1v) is 6.07. The molecule has 0 spiro atoms. The molecule has 2 aromatic rings. The van der Waals surface area contributed by atoms with Gasteiger partial charge in [0.15, 0.2) is 0 Å². The van der Waals surface area contributed by atoms with Gasteiger partial charge >= 0.3 is 0 Å². The Morgan fingerprint density at radius 1 is 1.36 bits per heavy atom. The van der Waals surface area contributed by atoms with Crippen LogP contribution in [0.3, 0.4) is 0 Å². The zero-order chi connectivity index (χ0) is 9.97. The quantitative estimate of drug-likeness (QED) is 0.795. The summed E-state index contributed by atoms with van der Waals surface area (Å²) in [5.41, 5.74) is 6.60. The van der Waals surface area contributed by atoms with E-state index in [1.807, 2.05) is 18.4 Å². The van der Waals surface area contributed by atoms with Gasteiger partial charge in [0.25, 0.3) is 0 Å². The van der Waals surface area contributed by atoms with Crippen LogP contribution in [0.4, 0.5) is 5.13 Å². The zero-order valence-corrected chi connectivity index (χ0v) is 9.23. The van der Waals surface area contributed by atoms with Crippen molar-refractivity contribution in [2.45, 2.75) is 4.90 Å². The van der Waals surface area contributed by atoms with Crippen molar-refractivity contribution in [2.24, 2.45) is 0 Å². The van der Waals surface area contributed by atoms with Crippen LogP contribution in [0, 0.1) is 0 Å². The molecule has 0 fully saturated rings. The molecule has 0 aliphatic carbocycles. The maximum atomic E-state index is 5.53. The first kappa shape index (κ1) is 9.48. The summed E-state index contributed by atoms with van der Waals surface area (Å²) in [6.07, 6.45) is 2.05. The molecule has 1 aromatic carbocycles. The molecule has 3 nitrogen and oxygen atoms in total. The van der Waals surface area contributed by atoms with Crippen LogP contribution < -0.4 is 5.73 Å². The summed E-state index contributed by atoms with van der Waals surface area (Å²) in [5.74, 6) is 0. The summed E-state index contributed by atoms with van der Waals surface area (Å²) in [6.45, 7) is 0. The summed E-state index contributed by atoms with van der Waals surface area (Å²) in [7, 11) is 0. The van der Waals surface area contributed by atoms with Gasteiger partial charge in [0.2, 0.25) is 5.13 Å². The first-order valence-electron chi connectivity index (χ1n) is 4.03. The molecule has 0 saturated heterocycles. The second-order valence-corrected chi connectivity index (χ2v) is 4.57. The number of hydrogen-bond acceptors (Lipinski definition) is 5. The molecule has 0 atom stereocenters. The van der Waals surface area contributed by atoms with E-state index >= 15 is 0 Å². The van der Waals surface area contributed by atoms with Gasteiger partial charge in [0.1, 0.15) is 5.01 Å². The molecule has 0 aliphatic rings. The number of rotatable bonds is 2. The minimum absolute atomic E-state index is 0.509. The van der Waals surface area contributed by atoms with Gasteiger partial charge in [-0.25, -0.2) is 0 Å². The Hall–Kier alpha value is -1.07. The number of aromatic nitrogens is 2. The van der Waals surface area contributed by atoms with Crippen LogP contribution in [0.25, 0.3) is 10.6 Å². The Morgan fingerprint density at radius 2 is 2.21 bits per heavy atom. The fraction of sp³-hybridized carbons (Fsp3) is 0.111. The molecule has 0 unspecified atom stereocenters. The van der Waals surface area contributed by atoms with Crippen LogP contribution in [0.1, 0.15) is 0 Å². The van der Waals surface area contributed by atoms with Gasteiger partial charge in [0, 0.05) is 10.5 Å². The van der Waals surface area contributed by atoms with Crippen molar-refractivity contribution in [1.82, 2.24) is 10.2 Å². The largest absolute Gasteiger partial charge is 0.374 e. The molecule has 0 bridgehead atoms. The van der Waals surface area contributed by atoms with Crippen molar-refractivity contribution in [3.05, 3.63) is 24.3 Å². The van der Waals surface area contributed by atoms with E-state index in [1.54, 1.807) is 11.8 Å². The number of thioether (sulfide) groups is 1. The molecule has 1 aromatic heterocycles. The van der Waals surface area contributed by atoms with Gasteiger partial charge in [0.05, 0.1) is 0 Å². The summed E-state index contributed by atoms with van der Waals surface area (Å²) >= 11 is 3.12. The van der Waals surface area contributed by atoms with E-state index in [0.717, 1.165) is 10.6 Å². The topological polar surface area (TPSA) is 51.8 Å². The second-order valence-electron chi connectivity index (χ2n) is 2.68. The van der Waals surface area contributed by atoms with Crippen molar-refractivity contribution in [3.63, 3.8) is 0 Å². The van der Waals surface area contributed by atoms with E-state index in [-0.39, 0.29) is 0 Å². The lowest BCUT2D eigenvalue weighted by molar-refractivity contribution is 1.10. The Balaban J connectivity index is 2.41. The lowest BCUT2D eigenvalue weighted by atomic mass is 10.2.